The Morgan fingerprint density at radius 3 is 3.15 bits per heavy atom. The molecular weight excluding hydrogens is 202 g/mol. The van der Waals surface area contributed by atoms with E-state index in [0.717, 1.165) is 10.4 Å². The van der Waals surface area contributed by atoms with Crippen molar-refractivity contribution in [1.82, 2.24) is 5.32 Å². The van der Waals surface area contributed by atoms with E-state index in [1.165, 1.54) is 37.8 Å². The van der Waals surface area contributed by atoms with Gasteiger partial charge in [-0.25, -0.2) is 0 Å². The van der Waals surface area contributed by atoms with Crippen LogP contribution < -0.4 is 5.32 Å². The number of rotatable bonds is 3. The Hall–Kier alpha value is -0.0500. The van der Waals surface area contributed by atoms with Gasteiger partial charge < -0.3 is 5.32 Å². The Bertz CT molecular complexity index is 266. The van der Waals surface area contributed by atoms with Crippen LogP contribution in [-0.2, 0) is 6.42 Å². The minimum atomic E-state index is 0.749. The number of halogens is 1. The van der Waals surface area contributed by atoms with Gasteiger partial charge in [-0.2, -0.15) is 0 Å². The van der Waals surface area contributed by atoms with E-state index < -0.39 is 0 Å². The van der Waals surface area contributed by atoms with Crippen molar-refractivity contribution in [1.29, 1.82) is 0 Å². The van der Waals surface area contributed by atoms with Gasteiger partial charge >= 0.3 is 0 Å². The molecule has 1 nitrogen and oxygen atoms in total. The first-order chi connectivity index (χ1) is 6.34. The second-order valence-electron chi connectivity index (χ2n) is 3.59. The van der Waals surface area contributed by atoms with Crippen molar-refractivity contribution in [3.05, 3.63) is 21.3 Å². The monoisotopic (exact) mass is 215 g/mol. The third-order valence-corrected chi connectivity index (χ3v) is 3.71. The predicted molar refractivity (Wildman–Crippen MR) is 58.7 cm³/mol. The van der Waals surface area contributed by atoms with E-state index in [-0.39, 0.29) is 0 Å². The van der Waals surface area contributed by atoms with Gasteiger partial charge in [-0.05, 0) is 49.2 Å². The Labute approximate surface area is 88.1 Å². The summed E-state index contributed by atoms with van der Waals surface area (Å²) in [6, 6.07) is 2.83. The average molecular weight is 216 g/mol. The lowest BCUT2D eigenvalue weighted by molar-refractivity contribution is 0.559. The second kappa shape index (κ2) is 4.45. The fraction of sp³-hybridized carbons (Fsp3) is 0.600. The van der Waals surface area contributed by atoms with E-state index in [0.29, 0.717) is 0 Å². The standard InChI is InChI=1S/C10H14ClNS/c11-10-6-8(7-13-10)3-4-9-2-1-5-12-9/h6-7,9,12H,1-5H2. The molecule has 0 spiro atoms. The van der Waals surface area contributed by atoms with Crippen molar-refractivity contribution in [2.45, 2.75) is 31.7 Å². The topological polar surface area (TPSA) is 12.0 Å². The van der Waals surface area contributed by atoms with Gasteiger partial charge in [0.2, 0.25) is 0 Å². The fourth-order valence-corrected chi connectivity index (χ4v) is 2.76. The molecule has 2 heterocycles. The number of nitrogens with one attached hydrogen (secondary N) is 1. The van der Waals surface area contributed by atoms with Crippen LogP contribution >= 0.6 is 22.9 Å². The minimum absolute atomic E-state index is 0.749. The highest BCUT2D eigenvalue weighted by Crippen LogP contribution is 2.22. The van der Waals surface area contributed by atoms with Gasteiger partial charge in [0, 0.05) is 6.04 Å². The van der Waals surface area contributed by atoms with Crippen LogP contribution in [0.1, 0.15) is 24.8 Å². The van der Waals surface area contributed by atoms with Crippen LogP contribution in [0.2, 0.25) is 4.34 Å². The highest BCUT2D eigenvalue weighted by molar-refractivity contribution is 7.14. The molecule has 0 aromatic carbocycles. The third-order valence-electron chi connectivity index (χ3n) is 2.57. The van der Waals surface area contributed by atoms with Crippen LogP contribution in [0.15, 0.2) is 11.4 Å². The quantitative estimate of drug-likeness (QED) is 0.817. The summed E-state index contributed by atoms with van der Waals surface area (Å²) in [7, 11) is 0. The molecule has 0 amide bonds. The van der Waals surface area contributed by atoms with Gasteiger partial charge in [0.15, 0.2) is 0 Å². The predicted octanol–water partition coefficient (Wildman–Crippen LogP) is 3.09. The van der Waals surface area contributed by atoms with Crippen molar-refractivity contribution in [2.75, 3.05) is 6.54 Å². The van der Waals surface area contributed by atoms with Gasteiger partial charge in [0.05, 0.1) is 4.34 Å². The Balaban J connectivity index is 1.78. The van der Waals surface area contributed by atoms with Crippen molar-refractivity contribution in [2.24, 2.45) is 0 Å². The lowest BCUT2D eigenvalue weighted by atomic mass is 10.1. The van der Waals surface area contributed by atoms with E-state index in [1.807, 2.05) is 0 Å². The summed E-state index contributed by atoms with van der Waals surface area (Å²) in [5.74, 6) is 0. The lowest BCUT2D eigenvalue weighted by Gasteiger charge is -2.07. The zero-order chi connectivity index (χ0) is 9.10. The maximum atomic E-state index is 5.86. The normalized spacial score (nSPS) is 22.4. The van der Waals surface area contributed by atoms with Crippen molar-refractivity contribution in [3.63, 3.8) is 0 Å². The Kier molecular flexibility index (Phi) is 3.25. The molecule has 1 aromatic heterocycles. The minimum Gasteiger partial charge on any atom is -0.314 e. The zero-order valence-corrected chi connectivity index (χ0v) is 9.13. The zero-order valence-electron chi connectivity index (χ0n) is 7.55. The molecule has 72 valence electrons. The third kappa shape index (κ3) is 2.70. The van der Waals surface area contributed by atoms with E-state index in [9.17, 15) is 0 Å². The number of thiophene rings is 1. The summed E-state index contributed by atoms with van der Waals surface area (Å²) in [6.07, 6.45) is 5.11. The summed E-state index contributed by atoms with van der Waals surface area (Å²) in [5.41, 5.74) is 1.39. The Morgan fingerprint density at radius 1 is 1.62 bits per heavy atom. The molecular formula is C10H14ClNS. The first-order valence-electron chi connectivity index (χ1n) is 4.81. The van der Waals surface area contributed by atoms with Crippen molar-refractivity contribution in [3.8, 4) is 0 Å². The molecule has 1 aromatic rings. The maximum absolute atomic E-state index is 5.86. The van der Waals surface area contributed by atoms with Crippen LogP contribution in [0, 0.1) is 0 Å². The number of aryl methyl sites for hydroxylation is 1. The molecule has 1 unspecified atom stereocenters. The number of hydrogen-bond donors (Lipinski definition) is 1. The van der Waals surface area contributed by atoms with Crippen LogP contribution in [0.4, 0.5) is 0 Å². The van der Waals surface area contributed by atoms with E-state index in [4.69, 9.17) is 11.6 Å². The Morgan fingerprint density at radius 2 is 2.54 bits per heavy atom. The molecule has 1 fully saturated rings. The van der Waals surface area contributed by atoms with Crippen LogP contribution in [0.3, 0.4) is 0 Å². The largest absolute Gasteiger partial charge is 0.314 e. The van der Waals surface area contributed by atoms with Crippen molar-refractivity contribution < 1.29 is 0 Å². The molecule has 0 aliphatic carbocycles. The molecule has 2 rings (SSSR count). The average Bonchev–Trinajstić information content (AvgIpc) is 2.71. The molecule has 3 heteroatoms. The van der Waals surface area contributed by atoms with E-state index >= 15 is 0 Å². The molecule has 1 aliphatic rings. The molecule has 1 saturated heterocycles. The molecule has 1 atom stereocenters. The molecule has 1 aliphatic heterocycles. The van der Waals surface area contributed by atoms with Gasteiger partial charge in [0.25, 0.3) is 0 Å². The lowest BCUT2D eigenvalue weighted by Crippen LogP contribution is -2.21. The molecule has 0 saturated carbocycles. The van der Waals surface area contributed by atoms with Gasteiger partial charge in [0.1, 0.15) is 0 Å². The van der Waals surface area contributed by atoms with E-state index in [2.05, 4.69) is 16.8 Å². The maximum Gasteiger partial charge on any atom is 0.0931 e. The molecule has 13 heavy (non-hydrogen) atoms. The molecule has 0 radical (unpaired) electrons. The van der Waals surface area contributed by atoms with Crippen LogP contribution in [0.5, 0.6) is 0 Å². The summed E-state index contributed by atoms with van der Waals surface area (Å²) >= 11 is 7.49. The smallest absolute Gasteiger partial charge is 0.0931 e. The first kappa shape index (κ1) is 9.50. The highest BCUT2D eigenvalue weighted by Gasteiger charge is 2.13. The van der Waals surface area contributed by atoms with Gasteiger partial charge in [-0.1, -0.05) is 11.6 Å². The van der Waals surface area contributed by atoms with E-state index in [1.54, 1.807) is 11.3 Å². The first-order valence-corrected chi connectivity index (χ1v) is 6.06. The van der Waals surface area contributed by atoms with Crippen molar-refractivity contribution >= 4 is 22.9 Å². The van der Waals surface area contributed by atoms with Crippen LogP contribution in [0.25, 0.3) is 0 Å². The van der Waals surface area contributed by atoms with Crippen LogP contribution in [-0.4, -0.2) is 12.6 Å². The van der Waals surface area contributed by atoms with Gasteiger partial charge in [-0.15, -0.1) is 11.3 Å². The summed E-state index contributed by atoms with van der Waals surface area (Å²) in [4.78, 5) is 0. The number of hydrogen-bond acceptors (Lipinski definition) is 2. The summed E-state index contributed by atoms with van der Waals surface area (Å²) in [6.45, 7) is 1.20. The SMILES string of the molecule is Clc1cc(CCC2CCCN2)cs1. The highest BCUT2D eigenvalue weighted by atomic mass is 35.5. The summed E-state index contributed by atoms with van der Waals surface area (Å²) < 4.78 is 0.911. The molecule has 1 N–H and O–H groups in total. The molecule has 0 bridgehead atoms. The second-order valence-corrected chi connectivity index (χ2v) is 5.13. The van der Waals surface area contributed by atoms with Gasteiger partial charge in [-0.3, -0.25) is 0 Å². The fourth-order valence-electron chi connectivity index (χ4n) is 1.82. The summed E-state index contributed by atoms with van der Waals surface area (Å²) in [5, 5.41) is 5.67.